The first-order chi connectivity index (χ1) is 13.1. The summed E-state index contributed by atoms with van der Waals surface area (Å²) in [5.74, 6) is -3.32. The molecule has 1 atom stereocenters. The Balaban J connectivity index is 2.78. The molecule has 0 saturated heterocycles. The minimum atomic E-state index is -4.87. The van der Waals surface area contributed by atoms with Gasteiger partial charge in [0.2, 0.25) is 0 Å². The molecule has 0 fully saturated rings. The van der Waals surface area contributed by atoms with Crippen molar-refractivity contribution >= 4 is 23.5 Å². The Hall–Kier alpha value is -2.48. The van der Waals surface area contributed by atoms with Gasteiger partial charge >= 0.3 is 18.1 Å². The normalized spacial score (nSPS) is 17.3. The predicted octanol–water partition coefficient (Wildman–Crippen LogP) is 4.24. The van der Waals surface area contributed by atoms with Gasteiger partial charge in [-0.05, 0) is 38.5 Å². The molecule has 0 spiro atoms. The fraction of sp³-hybridized carbons (Fsp3) is 0.368. The number of alkyl halides is 3. The second-order valence-electron chi connectivity index (χ2n) is 5.88. The van der Waals surface area contributed by atoms with Crippen LogP contribution in [0.1, 0.15) is 32.3 Å². The standard InChI is InChI=1S/C19H19ClF3NO4/c1-4-27-17(25)13-10(3)24-16(19(21,22)23)15(18(26)28-5-2)14(13)11-6-8-12(20)9-7-11/h6-9,14,24H,4-5H2,1-3H3. The van der Waals surface area contributed by atoms with Crippen molar-refractivity contribution in [2.45, 2.75) is 32.9 Å². The Morgan fingerprint density at radius 2 is 1.54 bits per heavy atom. The number of carbonyl (C=O) groups excluding carboxylic acids is 2. The van der Waals surface area contributed by atoms with Crippen molar-refractivity contribution in [2.24, 2.45) is 0 Å². The molecule has 5 nitrogen and oxygen atoms in total. The molecule has 0 bridgehead atoms. The monoisotopic (exact) mass is 417 g/mol. The third-order valence-electron chi connectivity index (χ3n) is 4.04. The third-order valence-corrected chi connectivity index (χ3v) is 4.29. The summed E-state index contributed by atoms with van der Waals surface area (Å²) in [4.78, 5) is 25.1. The summed E-state index contributed by atoms with van der Waals surface area (Å²) >= 11 is 5.88. The number of benzene rings is 1. The van der Waals surface area contributed by atoms with Crippen LogP contribution >= 0.6 is 11.6 Å². The van der Waals surface area contributed by atoms with Crippen LogP contribution in [0.25, 0.3) is 0 Å². The Kier molecular flexibility index (Phi) is 6.77. The highest BCUT2D eigenvalue weighted by Gasteiger charge is 2.47. The van der Waals surface area contributed by atoms with Gasteiger partial charge in [0.25, 0.3) is 0 Å². The van der Waals surface area contributed by atoms with Crippen LogP contribution in [0.4, 0.5) is 13.2 Å². The summed E-state index contributed by atoms with van der Waals surface area (Å²) in [7, 11) is 0. The molecule has 1 N–H and O–H groups in total. The number of carbonyl (C=O) groups is 2. The van der Waals surface area contributed by atoms with Crippen LogP contribution < -0.4 is 5.32 Å². The van der Waals surface area contributed by atoms with Gasteiger partial charge in [0.1, 0.15) is 5.70 Å². The summed E-state index contributed by atoms with van der Waals surface area (Å²) in [6.07, 6.45) is -4.87. The van der Waals surface area contributed by atoms with Crippen molar-refractivity contribution in [3.63, 3.8) is 0 Å². The Labute approximate surface area is 165 Å². The molecule has 1 heterocycles. The Morgan fingerprint density at radius 3 is 2.00 bits per heavy atom. The van der Waals surface area contributed by atoms with Gasteiger partial charge in [-0.15, -0.1) is 0 Å². The number of dihydropyridines is 1. The van der Waals surface area contributed by atoms with E-state index < -0.39 is 35.3 Å². The number of ether oxygens (including phenoxy) is 2. The highest BCUT2D eigenvalue weighted by molar-refractivity contribution is 6.30. The maximum atomic E-state index is 13.7. The van der Waals surface area contributed by atoms with Crippen molar-refractivity contribution in [3.8, 4) is 0 Å². The van der Waals surface area contributed by atoms with E-state index in [2.05, 4.69) is 5.32 Å². The SMILES string of the molecule is CCOC(=O)C1=C(C)NC(C(F)(F)F)=C(C(=O)OCC)C1c1ccc(Cl)cc1. The molecule has 152 valence electrons. The molecule has 0 aliphatic carbocycles. The largest absolute Gasteiger partial charge is 0.463 e. The van der Waals surface area contributed by atoms with Gasteiger partial charge in [-0.3, -0.25) is 0 Å². The molecule has 1 aromatic rings. The second-order valence-corrected chi connectivity index (χ2v) is 6.31. The van der Waals surface area contributed by atoms with Crippen molar-refractivity contribution in [1.82, 2.24) is 5.32 Å². The number of nitrogens with one attached hydrogen (secondary N) is 1. The molecular formula is C19H19ClF3NO4. The first kappa shape index (κ1) is 21.8. The summed E-state index contributed by atoms with van der Waals surface area (Å²) < 4.78 is 51.0. The van der Waals surface area contributed by atoms with Gasteiger partial charge in [0, 0.05) is 10.7 Å². The fourth-order valence-electron chi connectivity index (χ4n) is 2.95. The predicted molar refractivity (Wildman–Crippen MR) is 96.4 cm³/mol. The number of esters is 2. The molecule has 28 heavy (non-hydrogen) atoms. The van der Waals surface area contributed by atoms with Crippen LogP contribution in [0.3, 0.4) is 0 Å². The van der Waals surface area contributed by atoms with E-state index in [0.29, 0.717) is 5.02 Å². The van der Waals surface area contributed by atoms with Gasteiger partial charge in [-0.1, -0.05) is 23.7 Å². The first-order valence-electron chi connectivity index (χ1n) is 8.50. The van der Waals surface area contributed by atoms with E-state index in [1.807, 2.05) is 0 Å². The molecule has 1 aromatic carbocycles. The smallest absolute Gasteiger partial charge is 0.431 e. The van der Waals surface area contributed by atoms with E-state index in [0.717, 1.165) is 0 Å². The molecule has 1 unspecified atom stereocenters. The van der Waals surface area contributed by atoms with Gasteiger partial charge in [0.05, 0.1) is 30.3 Å². The van der Waals surface area contributed by atoms with Crippen molar-refractivity contribution in [3.05, 3.63) is 57.4 Å². The lowest BCUT2D eigenvalue weighted by Crippen LogP contribution is -2.38. The lowest BCUT2D eigenvalue weighted by Gasteiger charge is -2.32. The number of allylic oxidation sites excluding steroid dienone is 2. The first-order valence-corrected chi connectivity index (χ1v) is 8.88. The zero-order valence-electron chi connectivity index (χ0n) is 15.4. The minimum Gasteiger partial charge on any atom is -0.463 e. The maximum Gasteiger partial charge on any atom is 0.431 e. The molecule has 9 heteroatoms. The van der Waals surface area contributed by atoms with Gasteiger partial charge in [-0.2, -0.15) is 13.2 Å². The van der Waals surface area contributed by atoms with Crippen molar-refractivity contribution < 1.29 is 32.2 Å². The lowest BCUT2D eigenvalue weighted by molar-refractivity contribution is -0.141. The molecule has 0 amide bonds. The molecular weight excluding hydrogens is 399 g/mol. The molecule has 1 aliphatic heterocycles. The van der Waals surface area contributed by atoms with Crippen LogP contribution in [0, 0.1) is 0 Å². The molecule has 0 aromatic heterocycles. The van der Waals surface area contributed by atoms with E-state index in [9.17, 15) is 22.8 Å². The lowest BCUT2D eigenvalue weighted by atomic mass is 9.80. The van der Waals surface area contributed by atoms with E-state index >= 15 is 0 Å². The topological polar surface area (TPSA) is 64.6 Å². The number of rotatable bonds is 5. The summed E-state index contributed by atoms with van der Waals surface area (Å²) in [6, 6.07) is 5.84. The average Bonchev–Trinajstić information content (AvgIpc) is 2.61. The maximum absolute atomic E-state index is 13.7. The zero-order chi connectivity index (χ0) is 21.1. The Morgan fingerprint density at radius 1 is 1.04 bits per heavy atom. The van der Waals surface area contributed by atoms with E-state index in [4.69, 9.17) is 21.1 Å². The van der Waals surface area contributed by atoms with Gasteiger partial charge in [-0.25, -0.2) is 9.59 Å². The number of halogens is 4. The highest BCUT2D eigenvalue weighted by Crippen LogP contribution is 2.43. The third kappa shape index (κ3) is 4.49. The van der Waals surface area contributed by atoms with Crippen molar-refractivity contribution in [2.75, 3.05) is 13.2 Å². The molecule has 1 aliphatic rings. The Bertz CT molecular complexity index is 829. The highest BCUT2D eigenvalue weighted by atomic mass is 35.5. The van der Waals surface area contributed by atoms with Gasteiger partial charge < -0.3 is 14.8 Å². The van der Waals surface area contributed by atoms with E-state index in [1.54, 1.807) is 6.92 Å². The minimum absolute atomic E-state index is 0.0214. The zero-order valence-corrected chi connectivity index (χ0v) is 16.2. The second kappa shape index (κ2) is 8.68. The van der Waals surface area contributed by atoms with Crippen LogP contribution in [-0.4, -0.2) is 31.3 Å². The molecule has 0 radical (unpaired) electrons. The van der Waals surface area contributed by atoms with E-state index in [1.165, 1.54) is 38.1 Å². The molecule has 2 rings (SSSR count). The van der Waals surface area contributed by atoms with Crippen LogP contribution in [0.15, 0.2) is 46.8 Å². The van der Waals surface area contributed by atoms with Gasteiger partial charge in [0.15, 0.2) is 0 Å². The summed E-state index contributed by atoms with van der Waals surface area (Å²) in [5.41, 5.74) is -1.85. The average molecular weight is 418 g/mol. The van der Waals surface area contributed by atoms with E-state index in [-0.39, 0.29) is 30.0 Å². The summed E-state index contributed by atoms with van der Waals surface area (Å²) in [5, 5.41) is 2.51. The van der Waals surface area contributed by atoms with Crippen molar-refractivity contribution in [1.29, 1.82) is 0 Å². The number of hydrogen-bond donors (Lipinski definition) is 1. The van der Waals surface area contributed by atoms with Crippen LogP contribution in [0.2, 0.25) is 5.02 Å². The van der Waals surface area contributed by atoms with Crippen LogP contribution in [-0.2, 0) is 19.1 Å². The fourth-order valence-corrected chi connectivity index (χ4v) is 3.07. The number of hydrogen-bond acceptors (Lipinski definition) is 5. The quantitative estimate of drug-likeness (QED) is 0.726. The summed E-state index contributed by atoms with van der Waals surface area (Å²) in [6.45, 7) is 4.27. The van der Waals surface area contributed by atoms with Crippen LogP contribution in [0.5, 0.6) is 0 Å². The molecule has 0 saturated carbocycles.